The number of nitrogens with one attached hydrogen (secondary N) is 1. The zero-order valence-corrected chi connectivity index (χ0v) is 15.1. The highest BCUT2D eigenvalue weighted by molar-refractivity contribution is 9.10. The zero-order valence-electron chi connectivity index (χ0n) is 12.0. The van der Waals surface area contributed by atoms with Crippen LogP contribution in [-0.4, -0.2) is 38.4 Å². The summed E-state index contributed by atoms with van der Waals surface area (Å²) >= 11 is 9.42. The maximum Gasteiger partial charge on any atom is 0.244 e. The Bertz CT molecular complexity index is 589. The molecular weight excluding hydrogens is 376 g/mol. The fraction of sp³-hybridized carbons (Fsp3) is 0.571. The van der Waals surface area contributed by atoms with Crippen molar-refractivity contribution in [3.63, 3.8) is 0 Å². The van der Waals surface area contributed by atoms with E-state index in [0.717, 1.165) is 30.3 Å². The van der Waals surface area contributed by atoms with E-state index in [2.05, 4.69) is 21.2 Å². The zero-order chi connectivity index (χ0) is 15.5. The van der Waals surface area contributed by atoms with Crippen LogP contribution in [0.5, 0.6) is 0 Å². The van der Waals surface area contributed by atoms with Gasteiger partial charge in [-0.1, -0.05) is 34.5 Å². The standard InChI is InChI=1S/C14H20BrClN2O2S/c1-2-8-18(10-12-4-3-7-17-12)21(19,20)14-6-5-11(15)9-13(14)16/h5-6,9,12,17H,2-4,7-8,10H2,1H3. The number of hydrogen-bond donors (Lipinski definition) is 1. The molecule has 21 heavy (non-hydrogen) atoms. The van der Waals surface area contributed by atoms with Gasteiger partial charge in [0.2, 0.25) is 10.0 Å². The van der Waals surface area contributed by atoms with Crippen molar-refractivity contribution in [3.05, 3.63) is 27.7 Å². The van der Waals surface area contributed by atoms with Crippen molar-refractivity contribution < 1.29 is 8.42 Å². The van der Waals surface area contributed by atoms with Gasteiger partial charge in [-0.3, -0.25) is 0 Å². The SMILES string of the molecule is CCCN(CC1CCCN1)S(=O)(=O)c1ccc(Br)cc1Cl. The Balaban J connectivity index is 2.27. The molecule has 0 saturated carbocycles. The quantitative estimate of drug-likeness (QED) is 0.804. The second-order valence-electron chi connectivity index (χ2n) is 5.23. The summed E-state index contributed by atoms with van der Waals surface area (Å²) in [4.78, 5) is 0.179. The van der Waals surface area contributed by atoms with Crippen molar-refractivity contribution >= 4 is 37.6 Å². The molecule has 0 aromatic heterocycles. The van der Waals surface area contributed by atoms with E-state index in [1.54, 1.807) is 22.5 Å². The molecular formula is C14H20BrClN2O2S. The molecule has 1 aromatic rings. The highest BCUT2D eigenvalue weighted by Crippen LogP contribution is 2.28. The predicted octanol–water partition coefficient (Wildman–Crippen LogP) is 3.26. The van der Waals surface area contributed by atoms with Crippen molar-refractivity contribution in [2.24, 2.45) is 0 Å². The van der Waals surface area contributed by atoms with Gasteiger partial charge in [0.05, 0.1) is 5.02 Å². The predicted molar refractivity (Wildman–Crippen MR) is 89.2 cm³/mol. The number of rotatable bonds is 6. The third-order valence-corrected chi connectivity index (χ3v) is 6.41. The van der Waals surface area contributed by atoms with Crippen LogP contribution in [-0.2, 0) is 10.0 Å². The van der Waals surface area contributed by atoms with Crippen molar-refractivity contribution in [2.75, 3.05) is 19.6 Å². The molecule has 1 fully saturated rings. The summed E-state index contributed by atoms with van der Waals surface area (Å²) in [5.74, 6) is 0. The van der Waals surface area contributed by atoms with Gasteiger partial charge in [-0.05, 0) is 44.0 Å². The lowest BCUT2D eigenvalue weighted by molar-refractivity contribution is 0.369. The summed E-state index contributed by atoms with van der Waals surface area (Å²) in [5.41, 5.74) is 0. The van der Waals surface area contributed by atoms with E-state index in [9.17, 15) is 8.42 Å². The summed E-state index contributed by atoms with van der Waals surface area (Å²) in [7, 11) is -3.56. The molecule has 0 spiro atoms. The van der Waals surface area contributed by atoms with Gasteiger partial charge in [-0.2, -0.15) is 4.31 Å². The number of halogens is 2. The van der Waals surface area contributed by atoms with Crippen LogP contribution in [0.25, 0.3) is 0 Å². The van der Waals surface area contributed by atoms with Crippen LogP contribution in [0.3, 0.4) is 0 Å². The lowest BCUT2D eigenvalue weighted by Gasteiger charge is -2.25. The van der Waals surface area contributed by atoms with Crippen molar-refractivity contribution in [3.8, 4) is 0 Å². The van der Waals surface area contributed by atoms with Crippen LogP contribution < -0.4 is 5.32 Å². The third-order valence-electron chi connectivity index (χ3n) is 3.57. The lowest BCUT2D eigenvalue weighted by atomic mass is 10.2. The van der Waals surface area contributed by atoms with Crippen LogP contribution >= 0.6 is 27.5 Å². The second kappa shape index (κ2) is 7.42. The Hall–Kier alpha value is -0.140. The monoisotopic (exact) mass is 394 g/mol. The molecule has 1 aromatic carbocycles. The molecule has 2 rings (SSSR count). The first kappa shape index (κ1) is 17.2. The van der Waals surface area contributed by atoms with E-state index >= 15 is 0 Å². The van der Waals surface area contributed by atoms with Crippen molar-refractivity contribution in [1.82, 2.24) is 9.62 Å². The van der Waals surface area contributed by atoms with Crippen molar-refractivity contribution in [1.29, 1.82) is 0 Å². The molecule has 1 unspecified atom stereocenters. The highest BCUT2D eigenvalue weighted by Gasteiger charge is 2.29. The molecule has 1 aliphatic rings. The summed E-state index contributed by atoms with van der Waals surface area (Å²) in [6.45, 7) is 3.95. The average molecular weight is 396 g/mol. The number of hydrogen-bond acceptors (Lipinski definition) is 3. The highest BCUT2D eigenvalue weighted by atomic mass is 79.9. The molecule has 4 nitrogen and oxygen atoms in total. The number of benzene rings is 1. The van der Waals surface area contributed by atoms with E-state index in [-0.39, 0.29) is 16.0 Å². The van der Waals surface area contributed by atoms with Crippen LogP contribution in [0, 0.1) is 0 Å². The minimum Gasteiger partial charge on any atom is -0.313 e. The average Bonchev–Trinajstić information content (AvgIpc) is 2.90. The summed E-state index contributed by atoms with van der Waals surface area (Å²) in [6.07, 6.45) is 2.90. The Morgan fingerprint density at radius 1 is 1.48 bits per heavy atom. The maximum absolute atomic E-state index is 12.8. The normalized spacial score (nSPS) is 19.3. The Labute approximate surface area is 140 Å². The second-order valence-corrected chi connectivity index (χ2v) is 8.46. The molecule has 0 amide bonds. The van der Waals surface area contributed by atoms with Crippen LogP contribution in [0.2, 0.25) is 5.02 Å². The molecule has 0 aliphatic carbocycles. The first-order chi connectivity index (χ1) is 9.95. The molecule has 0 bridgehead atoms. The van der Waals surface area contributed by atoms with Gasteiger partial charge in [-0.15, -0.1) is 0 Å². The topological polar surface area (TPSA) is 49.4 Å². The fourth-order valence-electron chi connectivity index (χ4n) is 2.54. The van der Waals surface area contributed by atoms with Crippen LogP contribution in [0.15, 0.2) is 27.6 Å². The van der Waals surface area contributed by atoms with Gasteiger partial charge in [-0.25, -0.2) is 8.42 Å². The molecule has 118 valence electrons. The Kier molecular flexibility index (Phi) is 6.08. The summed E-state index contributed by atoms with van der Waals surface area (Å²) in [6, 6.07) is 5.12. The molecule has 1 atom stereocenters. The molecule has 0 radical (unpaired) electrons. The van der Waals surface area contributed by atoms with Crippen LogP contribution in [0.1, 0.15) is 26.2 Å². The first-order valence-corrected chi connectivity index (χ1v) is 9.75. The Morgan fingerprint density at radius 2 is 2.24 bits per heavy atom. The van der Waals surface area contributed by atoms with E-state index < -0.39 is 10.0 Å². The third kappa shape index (κ3) is 4.20. The summed E-state index contributed by atoms with van der Waals surface area (Å²) < 4.78 is 28.0. The minimum absolute atomic E-state index is 0.179. The fourth-order valence-corrected chi connectivity index (χ4v) is 5.13. The minimum atomic E-state index is -3.56. The first-order valence-electron chi connectivity index (χ1n) is 7.13. The smallest absolute Gasteiger partial charge is 0.244 e. The van der Waals surface area contributed by atoms with Gasteiger partial charge < -0.3 is 5.32 Å². The summed E-state index contributed by atoms with van der Waals surface area (Å²) in [5, 5.41) is 3.60. The van der Waals surface area contributed by atoms with Gasteiger partial charge >= 0.3 is 0 Å². The maximum atomic E-state index is 12.8. The van der Waals surface area contributed by atoms with E-state index in [1.807, 2.05) is 6.92 Å². The molecule has 1 N–H and O–H groups in total. The lowest BCUT2D eigenvalue weighted by Crippen LogP contribution is -2.41. The van der Waals surface area contributed by atoms with Gasteiger partial charge in [0.1, 0.15) is 4.90 Å². The van der Waals surface area contributed by atoms with Gasteiger partial charge in [0.15, 0.2) is 0 Å². The molecule has 7 heteroatoms. The number of sulfonamides is 1. The largest absolute Gasteiger partial charge is 0.313 e. The van der Waals surface area contributed by atoms with Crippen LogP contribution in [0.4, 0.5) is 0 Å². The molecule has 1 saturated heterocycles. The molecule has 1 heterocycles. The van der Waals surface area contributed by atoms with Gasteiger partial charge in [0.25, 0.3) is 0 Å². The number of nitrogens with zero attached hydrogens (tertiary/aromatic N) is 1. The Morgan fingerprint density at radius 3 is 2.81 bits per heavy atom. The van der Waals surface area contributed by atoms with E-state index in [1.165, 1.54) is 0 Å². The van der Waals surface area contributed by atoms with E-state index in [4.69, 9.17) is 11.6 Å². The van der Waals surface area contributed by atoms with Crippen molar-refractivity contribution in [2.45, 2.75) is 37.1 Å². The molecule has 1 aliphatic heterocycles. The van der Waals surface area contributed by atoms with E-state index in [0.29, 0.717) is 13.1 Å². The van der Waals surface area contributed by atoms with Gasteiger partial charge in [0, 0.05) is 23.6 Å².